The van der Waals surface area contributed by atoms with Crippen LogP contribution in [0.15, 0.2) is 40.8 Å². The van der Waals surface area contributed by atoms with Gasteiger partial charge in [-0.15, -0.1) is 11.3 Å². The summed E-state index contributed by atoms with van der Waals surface area (Å²) in [6, 6.07) is 4.57. The van der Waals surface area contributed by atoms with E-state index < -0.39 is 23.3 Å². The minimum absolute atomic E-state index is 0.116. The Kier molecular flexibility index (Phi) is 5.72. The second-order valence-electron chi connectivity index (χ2n) is 7.28. The Balaban J connectivity index is 1.34. The van der Waals surface area contributed by atoms with Crippen molar-refractivity contribution >= 4 is 33.2 Å². The summed E-state index contributed by atoms with van der Waals surface area (Å²) in [5.41, 5.74) is -0.411. The minimum Gasteiger partial charge on any atom is -0.343 e. The van der Waals surface area contributed by atoms with Gasteiger partial charge >= 0.3 is 0 Å². The van der Waals surface area contributed by atoms with Gasteiger partial charge < -0.3 is 4.90 Å². The number of hydrogen-bond donors (Lipinski definition) is 0. The summed E-state index contributed by atoms with van der Waals surface area (Å²) in [4.78, 5) is 44.0. The van der Waals surface area contributed by atoms with Crippen molar-refractivity contribution < 1.29 is 18.4 Å². The van der Waals surface area contributed by atoms with Gasteiger partial charge in [0.15, 0.2) is 5.78 Å². The maximum atomic E-state index is 13.9. The normalized spacial score (nSPS) is 14.9. The molecule has 0 saturated carbocycles. The fraction of sp³-hybridized carbons (Fsp3) is 0.333. The van der Waals surface area contributed by atoms with Crippen LogP contribution in [-0.2, 0) is 11.3 Å². The quantitative estimate of drug-likeness (QED) is 0.582. The van der Waals surface area contributed by atoms with Crippen molar-refractivity contribution in [2.24, 2.45) is 5.92 Å². The zero-order valence-electron chi connectivity index (χ0n) is 16.0. The highest BCUT2D eigenvalue weighted by atomic mass is 32.1. The second-order valence-corrected chi connectivity index (χ2v) is 8.17. The van der Waals surface area contributed by atoms with Crippen LogP contribution in [0.1, 0.15) is 29.6 Å². The van der Waals surface area contributed by atoms with Gasteiger partial charge in [-0.25, -0.2) is 13.8 Å². The van der Waals surface area contributed by atoms with Crippen LogP contribution >= 0.6 is 11.3 Å². The lowest BCUT2D eigenvalue weighted by atomic mass is 9.88. The highest BCUT2D eigenvalue weighted by Crippen LogP contribution is 2.24. The van der Waals surface area contributed by atoms with E-state index in [0.29, 0.717) is 36.1 Å². The van der Waals surface area contributed by atoms with Crippen LogP contribution in [0.3, 0.4) is 0 Å². The van der Waals surface area contributed by atoms with Gasteiger partial charge in [0.2, 0.25) is 5.91 Å². The van der Waals surface area contributed by atoms with Crippen molar-refractivity contribution in [2.45, 2.75) is 25.8 Å². The first kappa shape index (κ1) is 20.3. The molecule has 4 rings (SSSR count). The standard InChI is InChI=1S/C21H19F2N3O3S/c22-14-1-2-17(23)16(11-14)19(28)13-3-7-25(8-4-13)18(27)5-9-26-12-24-20-15(21(26)29)6-10-30-20/h1-2,6,10-13H,3-5,7-9H2. The van der Waals surface area contributed by atoms with Crippen LogP contribution < -0.4 is 5.56 Å². The summed E-state index contributed by atoms with van der Waals surface area (Å²) in [6.45, 7) is 0.954. The monoisotopic (exact) mass is 431 g/mol. The van der Waals surface area contributed by atoms with Gasteiger partial charge in [-0.05, 0) is 42.5 Å². The fourth-order valence-electron chi connectivity index (χ4n) is 3.72. The average molecular weight is 431 g/mol. The van der Waals surface area contributed by atoms with E-state index in [0.717, 1.165) is 18.2 Å². The Morgan fingerprint density at radius 1 is 1.17 bits per heavy atom. The molecule has 1 aromatic carbocycles. The molecule has 1 fully saturated rings. The number of rotatable bonds is 5. The van der Waals surface area contributed by atoms with Crippen molar-refractivity contribution in [3.05, 3.63) is 63.5 Å². The third kappa shape index (κ3) is 4.02. The summed E-state index contributed by atoms with van der Waals surface area (Å²) in [7, 11) is 0. The number of benzene rings is 1. The molecule has 0 spiro atoms. The number of carbonyl (C=O) groups excluding carboxylic acids is 2. The van der Waals surface area contributed by atoms with Crippen molar-refractivity contribution in [3.8, 4) is 0 Å². The molecule has 9 heteroatoms. The molecule has 0 bridgehead atoms. The number of aryl methyl sites for hydroxylation is 1. The number of piperidine rings is 1. The van der Waals surface area contributed by atoms with Crippen LogP contribution in [0, 0.1) is 17.6 Å². The van der Waals surface area contributed by atoms with Gasteiger partial charge in [-0.2, -0.15) is 0 Å². The topological polar surface area (TPSA) is 72.3 Å². The number of amides is 1. The summed E-state index contributed by atoms with van der Waals surface area (Å²) in [6.07, 6.45) is 2.38. The summed E-state index contributed by atoms with van der Waals surface area (Å²) in [5, 5.41) is 2.34. The maximum Gasteiger partial charge on any atom is 0.262 e. The number of thiophene rings is 1. The van der Waals surface area contributed by atoms with E-state index in [2.05, 4.69) is 4.98 Å². The van der Waals surface area contributed by atoms with Gasteiger partial charge in [0.1, 0.15) is 16.5 Å². The molecule has 3 aromatic rings. The number of nitrogens with zero attached hydrogens (tertiary/aromatic N) is 3. The Bertz CT molecular complexity index is 1170. The van der Waals surface area contributed by atoms with Gasteiger partial charge in [0.05, 0.1) is 17.3 Å². The Morgan fingerprint density at radius 2 is 1.93 bits per heavy atom. The lowest BCUT2D eigenvalue weighted by molar-refractivity contribution is -0.132. The number of hydrogen-bond acceptors (Lipinski definition) is 5. The third-order valence-corrected chi connectivity index (χ3v) is 6.25. The summed E-state index contributed by atoms with van der Waals surface area (Å²) < 4.78 is 28.7. The molecular formula is C21H19F2N3O3S. The van der Waals surface area contributed by atoms with Crippen LogP contribution in [0.25, 0.3) is 10.2 Å². The molecule has 0 atom stereocenters. The molecule has 0 N–H and O–H groups in total. The van der Waals surface area contributed by atoms with E-state index in [9.17, 15) is 23.2 Å². The predicted octanol–water partition coefficient (Wildman–Crippen LogP) is 3.25. The Morgan fingerprint density at radius 3 is 2.70 bits per heavy atom. The van der Waals surface area contributed by atoms with Crippen LogP contribution in [-0.4, -0.2) is 39.2 Å². The minimum atomic E-state index is -0.735. The molecule has 1 saturated heterocycles. The van der Waals surface area contributed by atoms with Crippen LogP contribution in [0.5, 0.6) is 0 Å². The van der Waals surface area contributed by atoms with Crippen molar-refractivity contribution in [1.29, 1.82) is 0 Å². The van der Waals surface area contributed by atoms with Crippen molar-refractivity contribution in [3.63, 3.8) is 0 Å². The maximum absolute atomic E-state index is 13.9. The number of halogens is 2. The van der Waals surface area contributed by atoms with E-state index >= 15 is 0 Å². The van der Waals surface area contributed by atoms with Gasteiger partial charge in [-0.3, -0.25) is 19.0 Å². The molecule has 156 valence electrons. The zero-order valence-corrected chi connectivity index (χ0v) is 16.8. The van der Waals surface area contributed by atoms with Gasteiger partial charge in [0, 0.05) is 32.0 Å². The number of aromatic nitrogens is 2. The first-order valence-corrected chi connectivity index (χ1v) is 10.5. The van der Waals surface area contributed by atoms with E-state index in [-0.39, 0.29) is 30.0 Å². The fourth-order valence-corrected chi connectivity index (χ4v) is 4.45. The number of Topliss-reactive ketones (excluding diaryl/α,β-unsaturated/α-hetero) is 1. The predicted molar refractivity (Wildman–Crippen MR) is 108 cm³/mol. The second kappa shape index (κ2) is 8.43. The van der Waals surface area contributed by atoms with Crippen molar-refractivity contribution in [2.75, 3.05) is 13.1 Å². The Hall–Kier alpha value is -2.94. The number of carbonyl (C=O) groups is 2. The molecule has 1 aliphatic rings. The van der Waals surface area contributed by atoms with E-state index in [1.807, 2.05) is 0 Å². The molecule has 30 heavy (non-hydrogen) atoms. The zero-order chi connectivity index (χ0) is 21.3. The van der Waals surface area contributed by atoms with E-state index in [1.54, 1.807) is 16.3 Å². The molecule has 2 aromatic heterocycles. The SMILES string of the molecule is O=C(c1cc(F)ccc1F)C1CCN(C(=O)CCn2cnc3sccc3c2=O)CC1. The first-order chi connectivity index (χ1) is 14.4. The van der Waals surface area contributed by atoms with Crippen LogP contribution in [0.4, 0.5) is 8.78 Å². The molecule has 0 unspecified atom stereocenters. The number of likely N-dealkylation sites (tertiary alicyclic amines) is 1. The summed E-state index contributed by atoms with van der Waals surface area (Å²) in [5.74, 6) is -2.38. The molecule has 1 amide bonds. The number of fused-ring (bicyclic) bond motifs is 1. The average Bonchev–Trinajstić information content (AvgIpc) is 3.24. The highest BCUT2D eigenvalue weighted by molar-refractivity contribution is 7.16. The first-order valence-electron chi connectivity index (χ1n) is 9.63. The lowest BCUT2D eigenvalue weighted by Gasteiger charge is -2.31. The Labute approximate surface area is 174 Å². The largest absolute Gasteiger partial charge is 0.343 e. The van der Waals surface area contributed by atoms with Gasteiger partial charge in [-0.1, -0.05) is 0 Å². The molecular weight excluding hydrogens is 412 g/mol. The smallest absolute Gasteiger partial charge is 0.262 e. The third-order valence-electron chi connectivity index (χ3n) is 5.43. The van der Waals surface area contributed by atoms with E-state index in [1.165, 1.54) is 22.2 Å². The van der Waals surface area contributed by atoms with Gasteiger partial charge in [0.25, 0.3) is 5.56 Å². The number of ketones is 1. The molecule has 3 heterocycles. The molecule has 1 aliphatic heterocycles. The summed E-state index contributed by atoms with van der Waals surface area (Å²) >= 11 is 1.39. The molecule has 6 nitrogen and oxygen atoms in total. The molecule has 0 aliphatic carbocycles. The highest BCUT2D eigenvalue weighted by Gasteiger charge is 2.29. The van der Waals surface area contributed by atoms with Crippen molar-refractivity contribution in [1.82, 2.24) is 14.5 Å². The molecule has 0 radical (unpaired) electrons. The van der Waals surface area contributed by atoms with Crippen LogP contribution in [0.2, 0.25) is 0 Å². The lowest BCUT2D eigenvalue weighted by Crippen LogP contribution is -2.41. The van der Waals surface area contributed by atoms with E-state index in [4.69, 9.17) is 0 Å².